The minimum atomic E-state index is -3.10. The molecule has 0 atom stereocenters. The van der Waals surface area contributed by atoms with Gasteiger partial charge in [0.05, 0.1) is 11.3 Å². The van der Waals surface area contributed by atoms with Crippen molar-refractivity contribution in [1.82, 2.24) is 0 Å². The van der Waals surface area contributed by atoms with Gasteiger partial charge in [-0.15, -0.1) is 0 Å². The van der Waals surface area contributed by atoms with Crippen molar-refractivity contribution < 1.29 is 22.7 Å². The molecule has 7 heteroatoms. The Labute approximate surface area is 170 Å². The lowest BCUT2D eigenvalue weighted by Gasteiger charge is -2.12. The van der Waals surface area contributed by atoms with Crippen molar-refractivity contribution in [1.29, 1.82) is 0 Å². The fourth-order valence-electron chi connectivity index (χ4n) is 2.53. The molecule has 1 N–H and O–H groups in total. The van der Waals surface area contributed by atoms with Crippen molar-refractivity contribution in [2.24, 2.45) is 0 Å². The molecule has 3 aromatic rings. The monoisotopic (exact) mass is 411 g/mol. The summed E-state index contributed by atoms with van der Waals surface area (Å²) >= 11 is 0. The van der Waals surface area contributed by atoms with Crippen LogP contribution in [0.2, 0.25) is 0 Å². The van der Waals surface area contributed by atoms with Crippen LogP contribution < -0.4 is 14.8 Å². The molecule has 6 nitrogen and oxygen atoms in total. The molecular formula is C22H21NO5S. The van der Waals surface area contributed by atoms with Gasteiger partial charge in [0.1, 0.15) is 23.9 Å². The van der Waals surface area contributed by atoms with Gasteiger partial charge in [0.15, 0.2) is 9.84 Å². The number of carbonyl (C=O) groups is 1. The first kappa shape index (κ1) is 20.4. The van der Waals surface area contributed by atoms with Gasteiger partial charge in [0, 0.05) is 18.0 Å². The van der Waals surface area contributed by atoms with E-state index < -0.39 is 9.84 Å². The first-order valence-corrected chi connectivity index (χ1v) is 11.0. The number of nitrogens with one attached hydrogen (secondary N) is 1. The number of sulfone groups is 1. The summed E-state index contributed by atoms with van der Waals surface area (Å²) in [6.45, 7) is 0.0456. The van der Waals surface area contributed by atoms with E-state index in [0.29, 0.717) is 28.5 Å². The number of rotatable bonds is 8. The van der Waals surface area contributed by atoms with Gasteiger partial charge in [0.25, 0.3) is 5.91 Å². The summed E-state index contributed by atoms with van der Waals surface area (Å²) in [6.07, 6.45) is 1.15. The molecule has 0 aliphatic heterocycles. The number of benzene rings is 3. The summed E-state index contributed by atoms with van der Waals surface area (Å²) in [7, 11) is -3.10. The van der Waals surface area contributed by atoms with Crippen molar-refractivity contribution in [3.8, 4) is 17.2 Å². The lowest BCUT2D eigenvalue weighted by Crippen LogP contribution is -2.14. The Morgan fingerprint density at radius 1 is 0.897 bits per heavy atom. The van der Waals surface area contributed by atoms with Gasteiger partial charge < -0.3 is 14.8 Å². The second kappa shape index (κ2) is 9.25. The predicted octanol–water partition coefficient (Wildman–Crippen LogP) is 4.15. The highest BCUT2D eigenvalue weighted by Gasteiger charge is 2.13. The highest BCUT2D eigenvalue weighted by Crippen LogP contribution is 2.26. The van der Waals surface area contributed by atoms with Gasteiger partial charge in [-0.2, -0.15) is 0 Å². The quantitative estimate of drug-likeness (QED) is 0.602. The van der Waals surface area contributed by atoms with Crippen LogP contribution in [0.1, 0.15) is 10.4 Å². The standard InChI is InChI=1S/C22H21NO5S/c1-29(25,26)15-14-27-19-11-7-8-17(16-19)23-22(24)20-12-5-6-13-21(20)28-18-9-3-2-4-10-18/h2-13,16H,14-15H2,1H3,(H,23,24). The molecule has 0 radical (unpaired) electrons. The molecule has 0 aliphatic carbocycles. The van der Waals surface area contributed by atoms with Gasteiger partial charge in [-0.3, -0.25) is 4.79 Å². The summed E-state index contributed by atoms with van der Waals surface area (Å²) in [5, 5.41) is 2.81. The second-order valence-electron chi connectivity index (χ2n) is 6.37. The molecule has 150 valence electrons. The van der Waals surface area contributed by atoms with Crippen LogP contribution in [0.15, 0.2) is 78.9 Å². The number of ether oxygens (including phenoxy) is 2. The Hall–Kier alpha value is -3.32. The predicted molar refractivity (Wildman–Crippen MR) is 113 cm³/mol. The number of para-hydroxylation sites is 2. The summed E-state index contributed by atoms with van der Waals surface area (Å²) < 4.78 is 33.7. The molecule has 3 rings (SSSR count). The maximum absolute atomic E-state index is 12.8. The van der Waals surface area contributed by atoms with Gasteiger partial charge in [-0.25, -0.2) is 8.42 Å². The third-order valence-electron chi connectivity index (χ3n) is 3.92. The van der Waals surface area contributed by atoms with Crippen LogP contribution in [0.5, 0.6) is 17.2 Å². The topological polar surface area (TPSA) is 81.7 Å². The minimum Gasteiger partial charge on any atom is -0.492 e. The maximum Gasteiger partial charge on any atom is 0.259 e. The second-order valence-corrected chi connectivity index (χ2v) is 8.63. The summed E-state index contributed by atoms with van der Waals surface area (Å²) in [5.41, 5.74) is 0.918. The molecule has 0 saturated heterocycles. The number of anilines is 1. The first-order valence-electron chi connectivity index (χ1n) is 8.94. The van der Waals surface area contributed by atoms with Crippen LogP contribution in [0, 0.1) is 0 Å². The molecule has 0 aliphatic rings. The summed E-state index contributed by atoms with van der Waals surface area (Å²) in [4.78, 5) is 12.8. The van der Waals surface area contributed by atoms with Crippen LogP contribution >= 0.6 is 0 Å². The Bertz CT molecular complexity index is 1080. The molecule has 3 aromatic carbocycles. The number of hydrogen-bond donors (Lipinski definition) is 1. The molecule has 0 bridgehead atoms. The molecule has 29 heavy (non-hydrogen) atoms. The van der Waals surface area contributed by atoms with Crippen molar-refractivity contribution in [3.05, 3.63) is 84.4 Å². The largest absolute Gasteiger partial charge is 0.492 e. The lowest BCUT2D eigenvalue weighted by atomic mass is 10.1. The highest BCUT2D eigenvalue weighted by atomic mass is 32.2. The zero-order valence-electron chi connectivity index (χ0n) is 15.9. The molecule has 0 heterocycles. The van der Waals surface area contributed by atoms with Crippen molar-refractivity contribution in [2.75, 3.05) is 23.9 Å². The van der Waals surface area contributed by atoms with E-state index in [2.05, 4.69) is 5.32 Å². The normalized spacial score (nSPS) is 10.9. The van der Waals surface area contributed by atoms with Crippen molar-refractivity contribution in [3.63, 3.8) is 0 Å². The van der Waals surface area contributed by atoms with Crippen LogP contribution in [-0.4, -0.2) is 32.9 Å². The molecule has 1 amide bonds. The Kier molecular flexibility index (Phi) is 6.51. The van der Waals surface area contributed by atoms with Crippen LogP contribution in [0.4, 0.5) is 5.69 Å². The molecular weight excluding hydrogens is 390 g/mol. The third kappa shape index (κ3) is 6.36. The Balaban J connectivity index is 1.70. The van der Waals surface area contributed by atoms with Gasteiger partial charge in [0.2, 0.25) is 0 Å². The van der Waals surface area contributed by atoms with E-state index in [0.717, 1.165) is 6.26 Å². The average molecular weight is 411 g/mol. The number of amides is 1. The van der Waals surface area contributed by atoms with Gasteiger partial charge in [-0.05, 0) is 36.4 Å². The number of carbonyl (C=O) groups excluding carboxylic acids is 1. The van der Waals surface area contributed by atoms with Crippen molar-refractivity contribution >= 4 is 21.4 Å². The van der Waals surface area contributed by atoms with E-state index in [9.17, 15) is 13.2 Å². The fourth-order valence-corrected chi connectivity index (χ4v) is 2.92. The van der Waals surface area contributed by atoms with E-state index in [1.807, 2.05) is 30.3 Å². The van der Waals surface area contributed by atoms with E-state index in [1.54, 1.807) is 48.5 Å². The Morgan fingerprint density at radius 2 is 1.59 bits per heavy atom. The zero-order chi connectivity index (χ0) is 20.7. The lowest BCUT2D eigenvalue weighted by molar-refractivity contribution is 0.102. The molecule has 0 unspecified atom stereocenters. The zero-order valence-corrected chi connectivity index (χ0v) is 16.7. The fraction of sp³-hybridized carbons (Fsp3) is 0.136. The Morgan fingerprint density at radius 3 is 2.34 bits per heavy atom. The van der Waals surface area contributed by atoms with Gasteiger partial charge in [-0.1, -0.05) is 36.4 Å². The molecule has 0 fully saturated rings. The smallest absolute Gasteiger partial charge is 0.259 e. The maximum atomic E-state index is 12.8. The summed E-state index contributed by atoms with van der Waals surface area (Å²) in [5.74, 6) is 1.14. The van der Waals surface area contributed by atoms with Crippen LogP contribution in [-0.2, 0) is 9.84 Å². The van der Waals surface area contributed by atoms with E-state index in [4.69, 9.17) is 9.47 Å². The van der Waals surface area contributed by atoms with E-state index in [-0.39, 0.29) is 18.3 Å². The molecule has 0 aromatic heterocycles. The highest BCUT2D eigenvalue weighted by molar-refractivity contribution is 7.90. The van der Waals surface area contributed by atoms with Crippen LogP contribution in [0.3, 0.4) is 0 Å². The van der Waals surface area contributed by atoms with Crippen molar-refractivity contribution in [2.45, 2.75) is 0 Å². The minimum absolute atomic E-state index is 0.0456. The average Bonchev–Trinajstić information content (AvgIpc) is 2.68. The summed E-state index contributed by atoms with van der Waals surface area (Å²) in [6, 6.07) is 23.0. The van der Waals surface area contributed by atoms with E-state index in [1.165, 1.54) is 0 Å². The first-order chi connectivity index (χ1) is 13.9. The molecule has 0 spiro atoms. The van der Waals surface area contributed by atoms with Crippen LogP contribution in [0.25, 0.3) is 0 Å². The van der Waals surface area contributed by atoms with E-state index >= 15 is 0 Å². The van der Waals surface area contributed by atoms with Gasteiger partial charge >= 0.3 is 0 Å². The third-order valence-corrected chi connectivity index (χ3v) is 4.83. The number of hydrogen-bond acceptors (Lipinski definition) is 5. The SMILES string of the molecule is CS(=O)(=O)CCOc1cccc(NC(=O)c2ccccc2Oc2ccccc2)c1. The molecule has 0 saturated carbocycles.